The zero-order chi connectivity index (χ0) is 11.4. The Labute approximate surface area is 90.1 Å². The van der Waals surface area contributed by atoms with Gasteiger partial charge in [-0.25, -0.2) is 0 Å². The van der Waals surface area contributed by atoms with Gasteiger partial charge in [-0.15, -0.1) is 0 Å². The molecular weight excluding hydrogens is 190 g/mol. The van der Waals surface area contributed by atoms with Crippen molar-refractivity contribution in [2.24, 2.45) is 0 Å². The highest BCUT2D eigenvalue weighted by Crippen LogP contribution is 2.18. The minimum Gasteiger partial charge on any atom is -0.507 e. The zero-order valence-electron chi connectivity index (χ0n) is 9.37. The summed E-state index contributed by atoms with van der Waals surface area (Å²) in [4.78, 5) is 11.7. The Kier molecular flexibility index (Phi) is 3.72. The Morgan fingerprint density at radius 2 is 2.20 bits per heavy atom. The third-order valence-corrected chi connectivity index (χ3v) is 2.39. The average Bonchev–Trinajstić information content (AvgIpc) is 2.21. The third kappa shape index (κ3) is 2.98. The Balaban J connectivity index is 2.86. The quantitative estimate of drug-likeness (QED) is 0.798. The van der Waals surface area contributed by atoms with Crippen molar-refractivity contribution in [3.63, 3.8) is 0 Å². The number of carbonyl (C=O) groups is 1. The number of phenols is 1. The first-order valence-electron chi connectivity index (χ1n) is 5.15. The van der Waals surface area contributed by atoms with Crippen LogP contribution in [0.2, 0.25) is 0 Å². The first-order chi connectivity index (χ1) is 7.04. The molecule has 0 heterocycles. The van der Waals surface area contributed by atoms with Crippen LogP contribution in [0.5, 0.6) is 5.75 Å². The molecule has 3 heteroatoms. The second-order valence-corrected chi connectivity index (χ2v) is 3.80. The van der Waals surface area contributed by atoms with Gasteiger partial charge in [-0.3, -0.25) is 4.79 Å². The van der Waals surface area contributed by atoms with E-state index in [0.29, 0.717) is 5.56 Å². The second kappa shape index (κ2) is 4.82. The molecule has 15 heavy (non-hydrogen) atoms. The third-order valence-electron chi connectivity index (χ3n) is 2.39. The van der Waals surface area contributed by atoms with Crippen LogP contribution < -0.4 is 5.32 Å². The van der Waals surface area contributed by atoms with Gasteiger partial charge < -0.3 is 10.4 Å². The number of nitrogens with one attached hydrogen (secondary N) is 1. The highest BCUT2D eigenvalue weighted by molar-refractivity contribution is 5.97. The molecule has 82 valence electrons. The molecule has 0 aliphatic rings. The zero-order valence-corrected chi connectivity index (χ0v) is 9.37. The monoisotopic (exact) mass is 207 g/mol. The summed E-state index contributed by atoms with van der Waals surface area (Å²) in [6.45, 7) is 5.82. The topological polar surface area (TPSA) is 49.3 Å². The van der Waals surface area contributed by atoms with E-state index in [0.717, 1.165) is 12.0 Å². The van der Waals surface area contributed by atoms with E-state index in [1.807, 2.05) is 20.8 Å². The van der Waals surface area contributed by atoms with Gasteiger partial charge in [0.1, 0.15) is 5.75 Å². The molecule has 0 aliphatic carbocycles. The van der Waals surface area contributed by atoms with E-state index in [-0.39, 0.29) is 17.7 Å². The fraction of sp³-hybridized carbons (Fsp3) is 0.417. The van der Waals surface area contributed by atoms with Gasteiger partial charge in [0.05, 0.1) is 5.56 Å². The van der Waals surface area contributed by atoms with Gasteiger partial charge in [0.2, 0.25) is 0 Å². The molecule has 1 aromatic carbocycles. The van der Waals surface area contributed by atoms with E-state index in [4.69, 9.17) is 0 Å². The molecule has 1 rings (SSSR count). The van der Waals surface area contributed by atoms with Crippen LogP contribution in [0.25, 0.3) is 0 Å². The van der Waals surface area contributed by atoms with E-state index in [2.05, 4.69) is 5.32 Å². The smallest absolute Gasteiger partial charge is 0.255 e. The minimum absolute atomic E-state index is 0.0291. The molecule has 0 unspecified atom stereocenters. The van der Waals surface area contributed by atoms with E-state index < -0.39 is 0 Å². The number of aromatic hydroxyl groups is 1. The number of aryl methyl sites for hydroxylation is 1. The van der Waals surface area contributed by atoms with Gasteiger partial charge in [0.15, 0.2) is 0 Å². The highest BCUT2D eigenvalue weighted by atomic mass is 16.3. The molecule has 3 nitrogen and oxygen atoms in total. The lowest BCUT2D eigenvalue weighted by Gasteiger charge is -2.12. The molecule has 2 N–H and O–H groups in total. The fourth-order valence-corrected chi connectivity index (χ4v) is 1.24. The van der Waals surface area contributed by atoms with Crippen molar-refractivity contribution in [1.29, 1.82) is 0 Å². The summed E-state index contributed by atoms with van der Waals surface area (Å²) in [6.07, 6.45) is 0.873. The second-order valence-electron chi connectivity index (χ2n) is 3.80. The number of carbonyl (C=O) groups excluding carboxylic acids is 1. The molecule has 0 saturated heterocycles. The van der Waals surface area contributed by atoms with Crippen LogP contribution in [-0.4, -0.2) is 17.1 Å². The van der Waals surface area contributed by atoms with Crippen molar-refractivity contribution in [3.05, 3.63) is 29.3 Å². The summed E-state index contributed by atoms with van der Waals surface area (Å²) in [5, 5.41) is 12.3. The Morgan fingerprint density at radius 1 is 1.53 bits per heavy atom. The van der Waals surface area contributed by atoms with Gasteiger partial charge in [-0.1, -0.05) is 18.6 Å². The number of phenolic OH excluding ortho intramolecular Hbond substituents is 1. The van der Waals surface area contributed by atoms with Crippen LogP contribution in [0.4, 0.5) is 0 Å². The van der Waals surface area contributed by atoms with Crippen LogP contribution in [0.3, 0.4) is 0 Å². The molecule has 0 saturated carbocycles. The first-order valence-corrected chi connectivity index (χ1v) is 5.15. The number of rotatable bonds is 3. The van der Waals surface area contributed by atoms with Crippen molar-refractivity contribution in [3.8, 4) is 5.75 Å². The molecule has 1 atom stereocenters. The van der Waals surface area contributed by atoms with Crippen molar-refractivity contribution >= 4 is 5.91 Å². The van der Waals surface area contributed by atoms with Crippen LogP contribution in [0, 0.1) is 6.92 Å². The van der Waals surface area contributed by atoms with Gasteiger partial charge in [0.25, 0.3) is 5.91 Å². The van der Waals surface area contributed by atoms with Crippen LogP contribution in [0.15, 0.2) is 18.2 Å². The molecule has 0 bridgehead atoms. The Morgan fingerprint density at radius 3 is 2.80 bits per heavy atom. The molecule has 1 aromatic rings. The molecule has 0 aromatic heterocycles. The summed E-state index contributed by atoms with van der Waals surface area (Å²) in [5.41, 5.74) is 1.30. The lowest BCUT2D eigenvalue weighted by molar-refractivity contribution is 0.0936. The number of hydrogen-bond donors (Lipinski definition) is 2. The molecule has 0 radical (unpaired) electrons. The highest BCUT2D eigenvalue weighted by Gasteiger charge is 2.12. The minimum atomic E-state index is -0.217. The van der Waals surface area contributed by atoms with E-state index >= 15 is 0 Å². The van der Waals surface area contributed by atoms with Crippen LogP contribution in [-0.2, 0) is 0 Å². The lowest BCUT2D eigenvalue weighted by atomic mass is 10.1. The van der Waals surface area contributed by atoms with E-state index in [9.17, 15) is 9.90 Å². The molecule has 0 fully saturated rings. The summed E-state index contributed by atoms with van der Waals surface area (Å²) < 4.78 is 0. The fourth-order valence-electron chi connectivity index (χ4n) is 1.24. The first kappa shape index (κ1) is 11.6. The summed E-state index contributed by atoms with van der Waals surface area (Å²) in [5.74, 6) is -0.188. The van der Waals surface area contributed by atoms with Gasteiger partial charge in [0, 0.05) is 6.04 Å². The molecule has 0 aliphatic heterocycles. The normalized spacial score (nSPS) is 12.2. The molecule has 1 amide bonds. The van der Waals surface area contributed by atoms with Crippen molar-refractivity contribution < 1.29 is 9.90 Å². The summed E-state index contributed by atoms with van der Waals surface area (Å²) >= 11 is 0. The number of benzene rings is 1. The van der Waals surface area contributed by atoms with Gasteiger partial charge in [-0.2, -0.15) is 0 Å². The van der Waals surface area contributed by atoms with E-state index in [1.54, 1.807) is 18.2 Å². The lowest BCUT2D eigenvalue weighted by Crippen LogP contribution is -2.31. The maximum Gasteiger partial charge on any atom is 0.255 e. The summed E-state index contributed by atoms with van der Waals surface area (Å²) in [7, 11) is 0. The largest absolute Gasteiger partial charge is 0.507 e. The Hall–Kier alpha value is -1.51. The number of amides is 1. The van der Waals surface area contributed by atoms with Gasteiger partial charge in [-0.05, 0) is 32.4 Å². The summed E-state index contributed by atoms with van der Waals surface area (Å²) in [6, 6.07) is 5.13. The maximum absolute atomic E-state index is 11.7. The van der Waals surface area contributed by atoms with Crippen LogP contribution in [0.1, 0.15) is 36.2 Å². The molecular formula is C12H17NO2. The SMILES string of the molecule is CC[C@@H](C)NC(=O)c1cc(C)ccc1O. The standard InChI is InChI=1S/C12H17NO2/c1-4-9(3)13-12(15)10-7-8(2)5-6-11(10)14/h5-7,9,14H,4H2,1-3H3,(H,13,15)/t9-/m1/s1. The Bertz CT molecular complexity index is 361. The van der Waals surface area contributed by atoms with Crippen molar-refractivity contribution in [1.82, 2.24) is 5.32 Å². The van der Waals surface area contributed by atoms with Crippen molar-refractivity contribution in [2.75, 3.05) is 0 Å². The average molecular weight is 207 g/mol. The predicted octanol–water partition coefficient (Wildman–Crippen LogP) is 2.23. The van der Waals surface area contributed by atoms with Crippen LogP contribution >= 0.6 is 0 Å². The van der Waals surface area contributed by atoms with Gasteiger partial charge >= 0.3 is 0 Å². The predicted molar refractivity (Wildman–Crippen MR) is 60.1 cm³/mol. The maximum atomic E-state index is 11.7. The van der Waals surface area contributed by atoms with Crippen molar-refractivity contribution in [2.45, 2.75) is 33.2 Å². The van der Waals surface area contributed by atoms with E-state index in [1.165, 1.54) is 0 Å². The number of hydrogen-bond acceptors (Lipinski definition) is 2. The molecule has 0 spiro atoms.